The van der Waals surface area contributed by atoms with Crippen LogP contribution in [0.1, 0.15) is 36.6 Å². The van der Waals surface area contributed by atoms with Crippen LogP contribution in [0.3, 0.4) is 0 Å². The number of esters is 1. The molecule has 4 rings (SSSR count). The van der Waals surface area contributed by atoms with Gasteiger partial charge in [0.15, 0.2) is 0 Å². The normalized spacial score (nSPS) is 19.6. The Morgan fingerprint density at radius 1 is 0.943 bits per heavy atom. The van der Waals surface area contributed by atoms with Crippen LogP contribution in [-0.4, -0.2) is 72.6 Å². The SMILES string of the molecule is CCOC(=O)C1=C(CN2CCN(Cc3ccc(C)cc3)CC2)N(CC)C(=O)N[C@@H]1c1ccccc1. The first-order chi connectivity index (χ1) is 17.0. The highest BCUT2D eigenvalue weighted by atomic mass is 16.5. The lowest BCUT2D eigenvalue weighted by Gasteiger charge is -2.40. The first-order valence-electron chi connectivity index (χ1n) is 12.5. The van der Waals surface area contributed by atoms with Gasteiger partial charge in [-0.3, -0.25) is 14.7 Å². The minimum Gasteiger partial charge on any atom is -0.463 e. The van der Waals surface area contributed by atoms with Crippen molar-refractivity contribution < 1.29 is 14.3 Å². The van der Waals surface area contributed by atoms with E-state index in [2.05, 4.69) is 46.3 Å². The number of amides is 2. The molecule has 1 fully saturated rings. The predicted octanol–water partition coefficient (Wildman–Crippen LogP) is 3.72. The van der Waals surface area contributed by atoms with E-state index in [0.29, 0.717) is 18.7 Å². The predicted molar refractivity (Wildman–Crippen MR) is 137 cm³/mol. The minimum absolute atomic E-state index is 0.178. The number of likely N-dealkylation sites (N-methyl/N-ethyl adjacent to an activating group) is 1. The third-order valence-electron chi connectivity index (χ3n) is 6.75. The summed E-state index contributed by atoms with van der Waals surface area (Å²) in [4.78, 5) is 32.7. The number of carbonyl (C=O) groups excluding carboxylic acids is 2. The largest absolute Gasteiger partial charge is 0.463 e. The zero-order chi connectivity index (χ0) is 24.8. The lowest BCUT2D eigenvalue weighted by Crippen LogP contribution is -2.53. The second-order valence-electron chi connectivity index (χ2n) is 9.16. The number of urea groups is 1. The second-order valence-corrected chi connectivity index (χ2v) is 9.16. The van der Waals surface area contributed by atoms with Gasteiger partial charge in [0.25, 0.3) is 0 Å². The van der Waals surface area contributed by atoms with E-state index in [1.165, 1.54) is 11.1 Å². The Bertz CT molecular complexity index is 1040. The standard InChI is InChI=1S/C28H36N4O3/c1-4-32-24(20-31-17-15-30(16-18-31)19-22-13-11-21(3)12-14-22)25(27(33)35-5-2)26(29-28(32)34)23-9-7-6-8-10-23/h6-14,26H,4-5,15-20H2,1-3H3,(H,29,34)/t26-/m1/s1. The fraction of sp³-hybridized carbons (Fsp3) is 0.429. The lowest BCUT2D eigenvalue weighted by atomic mass is 9.94. The summed E-state index contributed by atoms with van der Waals surface area (Å²) in [5, 5.41) is 3.03. The summed E-state index contributed by atoms with van der Waals surface area (Å²) in [5.41, 5.74) is 4.75. The Morgan fingerprint density at radius 2 is 1.57 bits per heavy atom. The Kier molecular flexibility index (Phi) is 8.21. The Balaban J connectivity index is 1.55. The Hall–Kier alpha value is -3.16. The monoisotopic (exact) mass is 476 g/mol. The highest BCUT2D eigenvalue weighted by Crippen LogP contribution is 2.32. The van der Waals surface area contributed by atoms with Crippen molar-refractivity contribution in [2.24, 2.45) is 0 Å². The van der Waals surface area contributed by atoms with Crippen LogP contribution < -0.4 is 5.32 Å². The van der Waals surface area contributed by atoms with Crippen molar-refractivity contribution in [3.05, 3.63) is 82.6 Å². The van der Waals surface area contributed by atoms with Gasteiger partial charge in [-0.2, -0.15) is 0 Å². The van der Waals surface area contributed by atoms with Gasteiger partial charge in [0, 0.05) is 51.5 Å². The van der Waals surface area contributed by atoms with Crippen molar-refractivity contribution in [3.8, 4) is 0 Å². The maximum atomic E-state index is 13.2. The molecule has 7 heteroatoms. The van der Waals surface area contributed by atoms with Crippen LogP contribution in [0.2, 0.25) is 0 Å². The molecule has 0 spiro atoms. The molecule has 0 unspecified atom stereocenters. The van der Waals surface area contributed by atoms with Crippen molar-refractivity contribution in [2.45, 2.75) is 33.4 Å². The molecule has 35 heavy (non-hydrogen) atoms. The van der Waals surface area contributed by atoms with Crippen LogP contribution in [0, 0.1) is 6.92 Å². The van der Waals surface area contributed by atoms with Crippen LogP contribution in [0.4, 0.5) is 4.79 Å². The van der Waals surface area contributed by atoms with Gasteiger partial charge in [0.1, 0.15) is 0 Å². The number of nitrogens with zero attached hydrogens (tertiary/aromatic N) is 3. The molecule has 0 bridgehead atoms. The van der Waals surface area contributed by atoms with E-state index in [9.17, 15) is 9.59 Å². The van der Waals surface area contributed by atoms with E-state index >= 15 is 0 Å². The molecule has 0 saturated carbocycles. The average Bonchev–Trinajstić information content (AvgIpc) is 2.87. The number of hydrogen-bond donors (Lipinski definition) is 1. The molecule has 2 aromatic rings. The van der Waals surface area contributed by atoms with Crippen molar-refractivity contribution in [3.63, 3.8) is 0 Å². The van der Waals surface area contributed by atoms with Gasteiger partial charge in [-0.05, 0) is 31.9 Å². The summed E-state index contributed by atoms with van der Waals surface area (Å²) in [6, 6.07) is 17.6. The summed E-state index contributed by atoms with van der Waals surface area (Å²) in [7, 11) is 0. The molecule has 1 N–H and O–H groups in total. The lowest BCUT2D eigenvalue weighted by molar-refractivity contribution is -0.139. The molecule has 0 aromatic heterocycles. The van der Waals surface area contributed by atoms with Crippen LogP contribution >= 0.6 is 0 Å². The van der Waals surface area contributed by atoms with E-state index in [1.54, 1.807) is 4.90 Å². The van der Waals surface area contributed by atoms with Gasteiger partial charge >= 0.3 is 12.0 Å². The number of rotatable bonds is 8. The van der Waals surface area contributed by atoms with E-state index < -0.39 is 6.04 Å². The van der Waals surface area contributed by atoms with Crippen molar-refractivity contribution in [2.75, 3.05) is 45.9 Å². The van der Waals surface area contributed by atoms with Gasteiger partial charge in [-0.15, -0.1) is 0 Å². The molecule has 2 aliphatic heterocycles. The zero-order valence-corrected chi connectivity index (χ0v) is 21.0. The molecule has 1 saturated heterocycles. The number of piperazine rings is 1. The molecule has 2 aromatic carbocycles. The maximum absolute atomic E-state index is 13.2. The summed E-state index contributed by atoms with van der Waals surface area (Å²) in [6.45, 7) is 11.7. The molecule has 0 aliphatic carbocycles. The molecule has 186 valence electrons. The van der Waals surface area contributed by atoms with Crippen LogP contribution in [-0.2, 0) is 16.1 Å². The Morgan fingerprint density at radius 3 is 2.17 bits per heavy atom. The summed E-state index contributed by atoms with van der Waals surface area (Å²) >= 11 is 0. The van der Waals surface area contributed by atoms with Gasteiger partial charge in [-0.1, -0.05) is 60.2 Å². The zero-order valence-electron chi connectivity index (χ0n) is 21.0. The quantitative estimate of drug-likeness (QED) is 0.589. The summed E-state index contributed by atoms with van der Waals surface area (Å²) in [5.74, 6) is -0.368. The molecule has 0 radical (unpaired) electrons. The number of carbonyl (C=O) groups is 2. The smallest absolute Gasteiger partial charge is 0.338 e. The third kappa shape index (κ3) is 5.92. The Labute approximate surface area is 208 Å². The first kappa shape index (κ1) is 24.9. The highest BCUT2D eigenvalue weighted by molar-refractivity contribution is 5.95. The third-order valence-corrected chi connectivity index (χ3v) is 6.75. The van der Waals surface area contributed by atoms with Crippen LogP contribution in [0.5, 0.6) is 0 Å². The van der Waals surface area contributed by atoms with E-state index in [4.69, 9.17) is 4.74 Å². The molecule has 1 atom stereocenters. The van der Waals surface area contributed by atoms with E-state index in [-0.39, 0.29) is 18.6 Å². The fourth-order valence-electron chi connectivity index (χ4n) is 4.82. The first-order valence-corrected chi connectivity index (χ1v) is 12.5. The van der Waals surface area contributed by atoms with Crippen LogP contribution in [0.15, 0.2) is 65.9 Å². The van der Waals surface area contributed by atoms with Crippen molar-refractivity contribution in [1.82, 2.24) is 20.0 Å². The van der Waals surface area contributed by atoms with Crippen molar-refractivity contribution in [1.29, 1.82) is 0 Å². The average molecular weight is 477 g/mol. The number of aryl methyl sites for hydroxylation is 1. The van der Waals surface area contributed by atoms with Crippen LogP contribution in [0.25, 0.3) is 0 Å². The van der Waals surface area contributed by atoms with Gasteiger partial charge in [0.05, 0.1) is 18.2 Å². The van der Waals surface area contributed by atoms with E-state index in [0.717, 1.165) is 44.0 Å². The molecule has 7 nitrogen and oxygen atoms in total. The van der Waals surface area contributed by atoms with Gasteiger partial charge < -0.3 is 10.1 Å². The number of benzene rings is 2. The summed E-state index contributed by atoms with van der Waals surface area (Å²) < 4.78 is 5.47. The number of nitrogens with one attached hydrogen (secondary N) is 1. The fourth-order valence-corrected chi connectivity index (χ4v) is 4.82. The molecule has 2 heterocycles. The minimum atomic E-state index is -0.525. The molecular weight excluding hydrogens is 440 g/mol. The molecule has 2 aliphatic rings. The maximum Gasteiger partial charge on any atom is 0.338 e. The molecular formula is C28H36N4O3. The summed E-state index contributed by atoms with van der Waals surface area (Å²) in [6.07, 6.45) is 0. The number of hydrogen-bond acceptors (Lipinski definition) is 5. The van der Waals surface area contributed by atoms with Gasteiger partial charge in [-0.25, -0.2) is 9.59 Å². The van der Waals surface area contributed by atoms with E-state index in [1.807, 2.05) is 44.2 Å². The van der Waals surface area contributed by atoms with Gasteiger partial charge in [0.2, 0.25) is 0 Å². The second kappa shape index (κ2) is 11.5. The van der Waals surface area contributed by atoms with Crippen molar-refractivity contribution >= 4 is 12.0 Å². The molecule has 2 amide bonds. The topological polar surface area (TPSA) is 65.1 Å². The highest BCUT2D eigenvalue weighted by Gasteiger charge is 2.38. The number of ether oxygens (including phenoxy) is 1.